The molecule has 9 heteroatoms. The average molecular weight is 515 g/mol. The molecule has 2 N–H and O–H groups in total. The van der Waals surface area contributed by atoms with Crippen molar-refractivity contribution in [3.63, 3.8) is 0 Å². The lowest BCUT2D eigenvalue weighted by molar-refractivity contribution is 0.0527. The number of nitrogens with zero attached hydrogens (tertiary/aromatic N) is 2. The molecular weight excluding hydrogens is 488 g/mol. The molecule has 2 aromatic carbocycles. The summed E-state index contributed by atoms with van der Waals surface area (Å²) in [7, 11) is 1.60. The van der Waals surface area contributed by atoms with Crippen LogP contribution in [0.2, 0.25) is 0 Å². The zero-order chi connectivity index (χ0) is 26.5. The molecule has 0 radical (unpaired) electrons. The van der Waals surface area contributed by atoms with Gasteiger partial charge in [-0.1, -0.05) is 12.0 Å². The summed E-state index contributed by atoms with van der Waals surface area (Å²) in [4.78, 5) is 30.8. The second kappa shape index (κ2) is 11.0. The zero-order valence-electron chi connectivity index (χ0n) is 20.9. The number of ether oxygens (including phenoxy) is 2. The number of carbonyl (C=O) groups excluding carboxylic acids is 2. The first kappa shape index (κ1) is 25.5. The van der Waals surface area contributed by atoms with Gasteiger partial charge in [-0.15, -0.1) is 17.8 Å². The fourth-order valence-corrected chi connectivity index (χ4v) is 5.01. The van der Waals surface area contributed by atoms with Gasteiger partial charge in [0, 0.05) is 22.3 Å². The lowest BCUT2D eigenvalue weighted by atomic mass is 10.1. The number of methoxy groups -OCH3 is 1. The van der Waals surface area contributed by atoms with E-state index < -0.39 is 12.0 Å². The lowest BCUT2D eigenvalue weighted by Gasteiger charge is -2.11. The van der Waals surface area contributed by atoms with Gasteiger partial charge < -0.3 is 19.4 Å². The maximum absolute atomic E-state index is 12.9. The number of imidazole rings is 1. The smallest absolute Gasteiger partial charge is 0.341 e. The maximum Gasteiger partial charge on any atom is 0.341 e. The molecule has 0 bridgehead atoms. The number of anilines is 2. The van der Waals surface area contributed by atoms with Gasteiger partial charge in [-0.05, 0) is 68.3 Å². The number of urea groups is 1. The number of aryl methyl sites for hydroxylation is 1. The maximum atomic E-state index is 12.9. The molecule has 0 spiro atoms. The third-order valence-electron chi connectivity index (χ3n) is 5.59. The molecule has 188 valence electrons. The number of aromatic nitrogens is 2. The standard InChI is InChI=1S/C28H26N4O4S/c1-6-19-8-11-21(12-9-19)30-28(34)31-26-24(27(33)36-7-2)18(4)25(37-26)20-10-13-22(23(14-20)35-5)32-15-17(3)29-16-32/h1,8-16H,7H2,2-5H3,(H2,30,31,34). The minimum Gasteiger partial charge on any atom is -0.495 e. The van der Waals surface area contributed by atoms with Crippen LogP contribution in [-0.4, -0.2) is 35.3 Å². The van der Waals surface area contributed by atoms with Crippen LogP contribution in [0.5, 0.6) is 5.75 Å². The molecule has 2 aromatic heterocycles. The number of esters is 1. The van der Waals surface area contributed by atoms with Crippen LogP contribution in [0, 0.1) is 26.2 Å². The van der Waals surface area contributed by atoms with E-state index >= 15 is 0 Å². The fourth-order valence-electron chi connectivity index (χ4n) is 3.83. The second-order valence-corrected chi connectivity index (χ2v) is 9.11. The number of benzene rings is 2. The monoisotopic (exact) mass is 514 g/mol. The number of rotatable bonds is 7. The molecule has 4 aromatic rings. The van der Waals surface area contributed by atoms with Gasteiger partial charge in [-0.3, -0.25) is 5.32 Å². The van der Waals surface area contributed by atoms with E-state index in [1.807, 2.05) is 42.8 Å². The molecule has 0 unspecified atom stereocenters. The Balaban J connectivity index is 1.68. The summed E-state index contributed by atoms with van der Waals surface area (Å²) in [5.41, 5.74) is 4.85. The number of nitrogens with one attached hydrogen (secondary N) is 2. The van der Waals surface area contributed by atoms with Gasteiger partial charge in [-0.25, -0.2) is 14.6 Å². The van der Waals surface area contributed by atoms with Gasteiger partial charge in [-0.2, -0.15) is 0 Å². The minimum absolute atomic E-state index is 0.212. The van der Waals surface area contributed by atoms with Gasteiger partial charge in [0.2, 0.25) is 0 Å². The van der Waals surface area contributed by atoms with Crippen molar-refractivity contribution in [2.45, 2.75) is 20.8 Å². The molecule has 37 heavy (non-hydrogen) atoms. The Morgan fingerprint density at radius 2 is 1.89 bits per heavy atom. The molecule has 0 aliphatic carbocycles. The number of amides is 2. The van der Waals surface area contributed by atoms with Crippen molar-refractivity contribution < 1.29 is 19.1 Å². The third kappa shape index (κ3) is 5.50. The third-order valence-corrected chi connectivity index (χ3v) is 6.85. The van der Waals surface area contributed by atoms with E-state index in [-0.39, 0.29) is 6.61 Å². The number of carbonyl (C=O) groups is 2. The van der Waals surface area contributed by atoms with Gasteiger partial charge >= 0.3 is 12.0 Å². The quantitative estimate of drug-likeness (QED) is 0.232. The Hall–Kier alpha value is -4.55. The molecule has 2 amide bonds. The summed E-state index contributed by atoms with van der Waals surface area (Å²) in [6, 6.07) is 12.2. The van der Waals surface area contributed by atoms with Crippen molar-refractivity contribution in [3.05, 3.63) is 77.4 Å². The van der Waals surface area contributed by atoms with Crippen LogP contribution in [0.3, 0.4) is 0 Å². The van der Waals surface area contributed by atoms with E-state index in [9.17, 15) is 9.59 Å². The van der Waals surface area contributed by atoms with E-state index in [1.54, 1.807) is 44.6 Å². The first-order valence-electron chi connectivity index (χ1n) is 11.5. The summed E-state index contributed by atoms with van der Waals surface area (Å²) < 4.78 is 12.8. The molecule has 0 aliphatic heterocycles. The average Bonchev–Trinajstić information content (AvgIpc) is 3.46. The predicted octanol–water partition coefficient (Wildman–Crippen LogP) is 6.03. The summed E-state index contributed by atoms with van der Waals surface area (Å²) in [6.07, 6.45) is 9.03. The van der Waals surface area contributed by atoms with E-state index in [4.69, 9.17) is 15.9 Å². The van der Waals surface area contributed by atoms with Crippen molar-refractivity contribution in [3.8, 4) is 34.2 Å². The zero-order valence-corrected chi connectivity index (χ0v) is 21.7. The molecule has 0 aliphatic rings. The van der Waals surface area contributed by atoms with E-state index in [0.29, 0.717) is 33.1 Å². The number of hydrogen-bond acceptors (Lipinski definition) is 6. The van der Waals surface area contributed by atoms with Crippen LogP contribution in [-0.2, 0) is 4.74 Å². The van der Waals surface area contributed by atoms with Gasteiger partial charge in [0.15, 0.2) is 0 Å². The molecule has 0 saturated carbocycles. The van der Waals surface area contributed by atoms with Crippen LogP contribution >= 0.6 is 11.3 Å². The minimum atomic E-state index is -0.506. The van der Waals surface area contributed by atoms with Gasteiger partial charge in [0.1, 0.15) is 10.8 Å². The number of thiophene rings is 1. The Kier molecular flexibility index (Phi) is 7.60. The summed E-state index contributed by atoms with van der Waals surface area (Å²) in [5.74, 6) is 2.67. The van der Waals surface area contributed by atoms with Crippen molar-refractivity contribution in [1.82, 2.24) is 9.55 Å². The molecule has 8 nitrogen and oxygen atoms in total. The van der Waals surface area contributed by atoms with Crippen LogP contribution in [0.25, 0.3) is 16.1 Å². The topological polar surface area (TPSA) is 94.5 Å². The highest BCUT2D eigenvalue weighted by Gasteiger charge is 2.25. The van der Waals surface area contributed by atoms with Crippen molar-refractivity contribution in [1.29, 1.82) is 0 Å². The van der Waals surface area contributed by atoms with E-state index in [1.165, 1.54) is 11.3 Å². The Bertz CT molecular complexity index is 1500. The largest absolute Gasteiger partial charge is 0.495 e. The van der Waals surface area contributed by atoms with Crippen LogP contribution in [0.4, 0.5) is 15.5 Å². The Morgan fingerprint density at radius 3 is 2.51 bits per heavy atom. The highest BCUT2D eigenvalue weighted by atomic mass is 32.1. The second-order valence-electron chi connectivity index (χ2n) is 8.09. The first-order chi connectivity index (χ1) is 17.8. The number of terminal acetylenes is 1. The fraction of sp³-hybridized carbons (Fsp3) is 0.179. The van der Waals surface area contributed by atoms with Crippen LogP contribution in [0.1, 0.15) is 34.1 Å². The number of hydrogen-bond donors (Lipinski definition) is 2. The molecule has 2 heterocycles. The van der Waals surface area contributed by atoms with Crippen molar-refractivity contribution >= 4 is 34.0 Å². The van der Waals surface area contributed by atoms with Gasteiger partial charge in [0.05, 0.1) is 37.0 Å². The predicted molar refractivity (Wildman–Crippen MR) is 146 cm³/mol. The van der Waals surface area contributed by atoms with E-state index in [2.05, 4.69) is 21.5 Å². The van der Waals surface area contributed by atoms with Crippen LogP contribution < -0.4 is 15.4 Å². The van der Waals surface area contributed by atoms with Crippen molar-refractivity contribution in [2.24, 2.45) is 0 Å². The van der Waals surface area contributed by atoms with Gasteiger partial charge in [0.25, 0.3) is 0 Å². The summed E-state index contributed by atoms with van der Waals surface area (Å²) >= 11 is 1.29. The van der Waals surface area contributed by atoms with E-state index in [0.717, 1.165) is 21.8 Å². The Labute approximate surface area is 219 Å². The highest BCUT2D eigenvalue weighted by molar-refractivity contribution is 7.20. The molecule has 4 rings (SSSR count). The SMILES string of the molecule is C#Cc1ccc(NC(=O)Nc2sc(-c3ccc(-n4cnc(C)c4)c(OC)c3)c(C)c2C(=O)OCC)cc1. The van der Waals surface area contributed by atoms with Crippen LogP contribution in [0.15, 0.2) is 55.0 Å². The highest BCUT2D eigenvalue weighted by Crippen LogP contribution is 2.42. The Morgan fingerprint density at radius 1 is 1.14 bits per heavy atom. The molecule has 0 atom stereocenters. The molecule has 0 saturated heterocycles. The molecule has 0 fully saturated rings. The first-order valence-corrected chi connectivity index (χ1v) is 12.3. The summed E-state index contributed by atoms with van der Waals surface area (Å²) in [5, 5.41) is 5.96. The lowest BCUT2D eigenvalue weighted by Crippen LogP contribution is -2.20. The van der Waals surface area contributed by atoms with Crippen molar-refractivity contribution in [2.75, 3.05) is 24.4 Å². The normalized spacial score (nSPS) is 10.5. The summed E-state index contributed by atoms with van der Waals surface area (Å²) in [6.45, 7) is 5.70. The molecular formula is C28H26N4O4S.